The van der Waals surface area contributed by atoms with Crippen molar-refractivity contribution in [1.29, 1.82) is 0 Å². The molecule has 16 rings (SSSR count). The van der Waals surface area contributed by atoms with Gasteiger partial charge in [-0.1, -0.05) is 296 Å². The second-order valence-corrected chi connectivity index (χ2v) is 37.7. The fourth-order valence-corrected chi connectivity index (χ4v) is 17.7. The lowest BCUT2D eigenvalue weighted by Gasteiger charge is -2.45. The molecule has 2 aliphatic carbocycles. The smallest absolute Gasteiger partial charge is 0.252 e. The molecule has 4 aliphatic rings. The Hall–Kier alpha value is -9.12. The van der Waals surface area contributed by atoms with Crippen LogP contribution in [0.25, 0.3) is 72.0 Å². The van der Waals surface area contributed by atoms with Gasteiger partial charge in [0.15, 0.2) is 0 Å². The molecular formula is C98H104BN3. The maximum atomic E-state index is 2.65. The van der Waals surface area contributed by atoms with E-state index in [0.29, 0.717) is 0 Å². The highest BCUT2D eigenvalue weighted by Gasteiger charge is 2.45. The summed E-state index contributed by atoms with van der Waals surface area (Å²) in [5, 5.41) is 2.48. The van der Waals surface area contributed by atoms with Crippen LogP contribution in [0.1, 0.15) is 209 Å². The van der Waals surface area contributed by atoms with E-state index in [4.69, 9.17) is 0 Å². The van der Waals surface area contributed by atoms with Gasteiger partial charge in [-0.05, 0) is 235 Å². The van der Waals surface area contributed by atoms with Crippen molar-refractivity contribution in [3.8, 4) is 50.2 Å². The monoisotopic (exact) mass is 1330 g/mol. The molecule has 2 aliphatic heterocycles. The number of hydrogen-bond acceptors (Lipinski definition) is 2. The summed E-state index contributed by atoms with van der Waals surface area (Å²) in [7, 11) is 0. The lowest BCUT2D eigenvalue weighted by Crippen LogP contribution is -2.61. The lowest BCUT2D eigenvalue weighted by molar-refractivity contribution is 0.332. The highest BCUT2D eigenvalue weighted by molar-refractivity contribution is 7.00. The Bertz CT molecular complexity index is 4990. The molecule has 0 fully saturated rings. The largest absolute Gasteiger partial charge is 0.311 e. The van der Waals surface area contributed by atoms with Gasteiger partial charge in [-0.15, -0.1) is 0 Å². The zero-order valence-corrected chi connectivity index (χ0v) is 64.5. The molecule has 0 N–H and O–H groups in total. The maximum absolute atomic E-state index is 2.65. The number of aromatic nitrogens is 1. The second-order valence-electron chi connectivity index (χ2n) is 37.7. The first kappa shape index (κ1) is 67.4. The van der Waals surface area contributed by atoms with Crippen LogP contribution in [0.3, 0.4) is 0 Å². The van der Waals surface area contributed by atoms with Gasteiger partial charge in [0.25, 0.3) is 6.71 Å². The van der Waals surface area contributed by atoms with Gasteiger partial charge in [0.1, 0.15) is 0 Å². The summed E-state index contributed by atoms with van der Waals surface area (Å²) in [6, 6.07) is 86.9. The summed E-state index contributed by atoms with van der Waals surface area (Å²) < 4.78 is 2.55. The van der Waals surface area contributed by atoms with Crippen LogP contribution in [0.2, 0.25) is 0 Å². The predicted octanol–water partition coefficient (Wildman–Crippen LogP) is 25.4. The van der Waals surface area contributed by atoms with Crippen molar-refractivity contribution in [2.45, 2.75) is 207 Å². The van der Waals surface area contributed by atoms with Gasteiger partial charge in [-0.25, -0.2) is 0 Å². The third-order valence-corrected chi connectivity index (χ3v) is 24.5. The molecular weight excluding hydrogens is 1230 g/mol. The minimum absolute atomic E-state index is 0.0601. The highest BCUT2D eigenvalue weighted by Crippen LogP contribution is 2.52. The number of benzene rings is 11. The van der Waals surface area contributed by atoms with E-state index in [-0.39, 0.29) is 50.0 Å². The van der Waals surface area contributed by atoms with E-state index in [1.807, 2.05) is 0 Å². The summed E-state index contributed by atoms with van der Waals surface area (Å²) >= 11 is 0. The van der Waals surface area contributed by atoms with Crippen molar-refractivity contribution in [2.24, 2.45) is 0 Å². The number of para-hydroxylation sites is 2. The summed E-state index contributed by atoms with van der Waals surface area (Å²) in [6.45, 7) is 47.7. The van der Waals surface area contributed by atoms with Crippen molar-refractivity contribution in [1.82, 2.24) is 4.57 Å². The molecule has 0 unspecified atom stereocenters. The number of hydrogen-bond donors (Lipinski definition) is 0. The zero-order valence-electron chi connectivity index (χ0n) is 64.5. The van der Waals surface area contributed by atoms with E-state index >= 15 is 0 Å². The van der Waals surface area contributed by atoms with Crippen LogP contribution >= 0.6 is 0 Å². The standard InChI is InChI=1S/C98H104BN3/c1-91(2,3)69-49-67(50-70(57-69)92(4,5)6)65-35-43-82-86(55-65)100(73-37-29-61(30-38-73)63-33-41-78-80(53-63)97(17,18)47-45-95(78,13)14)88-59-75(102-84-27-23-21-25-76(84)77-26-22-24-28-85(77)102)60-89-90(88)99(82)83-44-36-66(68-51-71(93(7,8)9)58-72(52-68)94(10,11)12)56-87(83)101(89)74-39-31-62(32-40-74)64-34-42-79-81(54-64)98(19,20)48-46-96(79,15)16/h21-44,49-60H,45-48H2,1-20H3. The highest BCUT2D eigenvalue weighted by atomic mass is 15.2. The zero-order chi connectivity index (χ0) is 71.9. The van der Waals surface area contributed by atoms with Crippen LogP contribution in [0.4, 0.5) is 34.1 Å². The molecule has 11 aromatic carbocycles. The molecule has 3 heterocycles. The number of fused-ring (bicyclic) bond motifs is 9. The quantitative estimate of drug-likeness (QED) is 0.147. The second kappa shape index (κ2) is 23.2. The maximum Gasteiger partial charge on any atom is 0.252 e. The van der Waals surface area contributed by atoms with Gasteiger partial charge in [-0.3, -0.25) is 0 Å². The first-order valence-corrected chi connectivity index (χ1v) is 37.9. The Morgan fingerprint density at radius 1 is 0.275 bits per heavy atom. The van der Waals surface area contributed by atoms with Gasteiger partial charge >= 0.3 is 0 Å². The number of nitrogens with zero attached hydrogens (tertiary/aromatic N) is 3. The minimum Gasteiger partial charge on any atom is -0.311 e. The van der Waals surface area contributed by atoms with Crippen molar-refractivity contribution in [3.63, 3.8) is 0 Å². The van der Waals surface area contributed by atoms with E-state index in [2.05, 4.69) is 371 Å². The average Bonchev–Trinajstić information content (AvgIpc) is 0.843. The molecule has 0 bridgehead atoms. The van der Waals surface area contributed by atoms with Gasteiger partial charge < -0.3 is 14.4 Å². The molecule has 0 atom stereocenters. The molecule has 514 valence electrons. The van der Waals surface area contributed by atoms with Gasteiger partial charge in [-0.2, -0.15) is 0 Å². The molecule has 0 saturated heterocycles. The Morgan fingerprint density at radius 3 is 0.941 bits per heavy atom. The summed E-state index contributed by atoms with van der Waals surface area (Å²) in [5.41, 5.74) is 35.7. The SMILES string of the molecule is CC(C)(C)c1cc(-c2ccc3c(c2)N(c2ccc(-c4ccc5c(c4)C(C)(C)CCC5(C)C)cc2)c2cc(-n4c5ccccc5c5ccccc54)cc4c2B3c2ccc(-c3cc(C(C)(C)C)cc(C(C)(C)C)c3)cc2N4c2ccc(-c3ccc4c(c3)C(C)(C)CCC4(C)C)cc2)cc(C(C)(C)C)c1. The Morgan fingerprint density at radius 2 is 0.588 bits per heavy atom. The van der Waals surface area contributed by atoms with Crippen molar-refractivity contribution >= 4 is 79.0 Å². The van der Waals surface area contributed by atoms with Gasteiger partial charge in [0.05, 0.1) is 16.7 Å². The summed E-state index contributed by atoms with van der Waals surface area (Å²) in [6.07, 6.45) is 4.73. The molecule has 102 heavy (non-hydrogen) atoms. The Balaban J connectivity index is 0.989. The number of rotatable bonds is 7. The molecule has 0 saturated carbocycles. The van der Waals surface area contributed by atoms with Crippen LogP contribution in [0.5, 0.6) is 0 Å². The molecule has 0 amide bonds. The summed E-state index contributed by atoms with van der Waals surface area (Å²) in [5.74, 6) is 0. The first-order valence-electron chi connectivity index (χ1n) is 37.9. The third-order valence-electron chi connectivity index (χ3n) is 24.5. The fraction of sp³-hybridized carbons (Fsp3) is 0.327. The predicted molar refractivity (Wildman–Crippen MR) is 442 cm³/mol. The van der Waals surface area contributed by atoms with E-state index in [1.165, 1.54) is 176 Å². The third kappa shape index (κ3) is 11.3. The van der Waals surface area contributed by atoms with Crippen LogP contribution in [0, 0.1) is 0 Å². The fourth-order valence-electron chi connectivity index (χ4n) is 17.7. The summed E-state index contributed by atoms with van der Waals surface area (Å²) in [4.78, 5) is 5.30. The van der Waals surface area contributed by atoms with Crippen LogP contribution in [0.15, 0.2) is 218 Å². The Labute approximate surface area is 610 Å². The van der Waals surface area contributed by atoms with Crippen LogP contribution in [-0.4, -0.2) is 11.3 Å². The lowest BCUT2D eigenvalue weighted by atomic mass is 9.33. The Kier molecular flexibility index (Phi) is 15.3. The van der Waals surface area contributed by atoms with Gasteiger partial charge in [0, 0.05) is 44.9 Å². The van der Waals surface area contributed by atoms with Crippen molar-refractivity contribution < 1.29 is 0 Å². The molecule has 0 spiro atoms. The normalized spacial score (nSPS) is 16.5. The van der Waals surface area contributed by atoms with E-state index in [0.717, 1.165) is 17.1 Å². The van der Waals surface area contributed by atoms with E-state index < -0.39 is 0 Å². The molecule has 4 heteroatoms. The van der Waals surface area contributed by atoms with Crippen LogP contribution < -0.4 is 26.2 Å². The first-order chi connectivity index (χ1) is 48.0. The molecule has 12 aromatic rings. The molecule has 1 aromatic heterocycles. The number of anilines is 6. The topological polar surface area (TPSA) is 11.4 Å². The average molecular weight is 1330 g/mol. The molecule has 3 nitrogen and oxygen atoms in total. The van der Waals surface area contributed by atoms with E-state index in [1.54, 1.807) is 0 Å². The molecule has 0 radical (unpaired) electrons. The van der Waals surface area contributed by atoms with Crippen molar-refractivity contribution in [3.05, 3.63) is 263 Å². The van der Waals surface area contributed by atoms with E-state index in [9.17, 15) is 0 Å². The van der Waals surface area contributed by atoms with Crippen LogP contribution in [-0.2, 0) is 43.3 Å². The minimum atomic E-state index is -0.135. The van der Waals surface area contributed by atoms with Crippen molar-refractivity contribution in [2.75, 3.05) is 9.80 Å². The van der Waals surface area contributed by atoms with Gasteiger partial charge in [0.2, 0.25) is 0 Å².